The summed E-state index contributed by atoms with van der Waals surface area (Å²) in [4.78, 5) is 11.6. The topological polar surface area (TPSA) is 54.7 Å². The third-order valence-electron chi connectivity index (χ3n) is 6.45. The van der Waals surface area contributed by atoms with Crippen molar-refractivity contribution in [2.45, 2.75) is 32.9 Å². The summed E-state index contributed by atoms with van der Waals surface area (Å²) in [5, 5.41) is 3.31. The Morgan fingerprint density at radius 1 is 1.18 bits per heavy atom. The molecule has 2 aromatic carbocycles. The van der Waals surface area contributed by atoms with Crippen LogP contribution in [0.3, 0.4) is 0 Å². The van der Waals surface area contributed by atoms with Gasteiger partial charge in [0.2, 0.25) is 5.95 Å². The number of aryl methyl sites for hydroxylation is 1. The van der Waals surface area contributed by atoms with Crippen molar-refractivity contribution in [1.29, 1.82) is 0 Å². The molecule has 0 radical (unpaired) electrons. The molecule has 1 N–H and O–H groups in total. The predicted octanol–water partition coefficient (Wildman–Crippen LogP) is 5.01. The Morgan fingerprint density at radius 2 is 1.97 bits per heavy atom. The van der Waals surface area contributed by atoms with E-state index in [0.717, 1.165) is 40.2 Å². The Bertz CT molecular complexity index is 1310. The summed E-state index contributed by atoms with van der Waals surface area (Å²) >= 11 is 0. The van der Waals surface area contributed by atoms with Crippen molar-refractivity contribution in [3.8, 4) is 16.9 Å². The summed E-state index contributed by atoms with van der Waals surface area (Å²) in [7, 11) is 4.15. The molecule has 0 amide bonds. The number of aromatic nitrogens is 3. The lowest BCUT2D eigenvalue weighted by Crippen LogP contribution is -2.16. The predicted molar refractivity (Wildman–Crippen MR) is 128 cm³/mol. The van der Waals surface area contributed by atoms with E-state index in [4.69, 9.17) is 9.72 Å². The highest BCUT2D eigenvalue weighted by Crippen LogP contribution is 2.31. The number of fused-ring (bicyclic) bond motifs is 2. The van der Waals surface area contributed by atoms with Gasteiger partial charge in [-0.15, -0.1) is 0 Å². The van der Waals surface area contributed by atoms with E-state index >= 15 is 0 Å². The van der Waals surface area contributed by atoms with Crippen LogP contribution in [0, 0.1) is 12.7 Å². The van der Waals surface area contributed by atoms with Crippen LogP contribution in [0.1, 0.15) is 35.3 Å². The molecule has 170 valence electrons. The van der Waals surface area contributed by atoms with Gasteiger partial charge in [0.1, 0.15) is 17.2 Å². The number of anilines is 1. The fourth-order valence-electron chi connectivity index (χ4n) is 4.34. The second-order valence-electron chi connectivity index (χ2n) is 8.79. The Hall–Kier alpha value is -3.45. The van der Waals surface area contributed by atoms with Crippen LogP contribution >= 0.6 is 0 Å². The second-order valence-corrected chi connectivity index (χ2v) is 8.79. The van der Waals surface area contributed by atoms with Crippen molar-refractivity contribution in [2.24, 2.45) is 0 Å². The van der Waals surface area contributed by atoms with E-state index in [1.807, 2.05) is 23.7 Å². The molecule has 6 nitrogen and oxygen atoms in total. The average molecular weight is 446 g/mol. The van der Waals surface area contributed by atoms with Gasteiger partial charge >= 0.3 is 0 Å². The zero-order valence-electron chi connectivity index (χ0n) is 19.4. The smallest absolute Gasteiger partial charge is 0.208 e. The lowest BCUT2D eigenvalue weighted by Gasteiger charge is -2.20. The maximum atomic E-state index is 14.6. The molecule has 0 fully saturated rings. The number of rotatable bonds is 6. The van der Waals surface area contributed by atoms with Crippen LogP contribution in [-0.2, 0) is 13.0 Å². The minimum atomic E-state index is -0.228. The number of nitrogens with one attached hydrogen (secondary N) is 1. The van der Waals surface area contributed by atoms with Crippen LogP contribution in [0.2, 0.25) is 0 Å². The minimum absolute atomic E-state index is 0.228. The van der Waals surface area contributed by atoms with Gasteiger partial charge in [-0.05, 0) is 51.2 Å². The normalized spacial score (nSPS) is 13.9. The van der Waals surface area contributed by atoms with E-state index in [9.17, 15) is 4.39 Å². The number of hydrogen-bond acceptors (Lipinski definition) is 5. The van der Waals surface area contributed by atoms with Crippen LogP contribution in [0.25, 0.3) is 16.8 Å². The first-order valence-corrected chi connectivity index (χ1v) is 11.2. The fourth-order valence-corrected chi connectivity index (χ4v) is 4.34. The first-order chi connectivity index (χ1) is 15.9. The van der Waals surface area contributed by atoms with Crippen molar-refractivity contribution < 1.29 is 9.13 Å². The number of nitrogens with zero attached hydrogens (tertiary/aromatic N) is 4. The Labute approximate surface area is 193 Å². The largest absolute Gasteiger partial charge is 0.493 e. The van der Waals surface area contributed by atoms with Crippen LogP contribution in [0.4, 0.5) is 10.3 Å². The van der Waals surface area contributed by atoms with Crippen molar-refractivity contribution in [3.63, 3.8) is 0 Å². The molecule has 0 aliphatic carbocycles. The molecule has 1 atom stereocenters. The molecule has 0 saturated heterocycles. The first-order valence-electron chi connectivity index (χ1n) is 11.2. The molecule has 2 aromatic heterocycles. The summed E-state index contributed by atoms with van der Waals surface area (Å²) in [5.41, 5.74) is 6.55. The lowest BCUT2D eigenvalue weighted by atomic mass is 10.0. The van der Waals surface area contributed by atoms with Crippen molar-refractivity contribution in [3.05, 3.63) is 77.0 Å². The zero-order chi connectivity index (χ0) is 23.1. The number of benzene rings is 2. The number of hydrogen-bond donors (Lipinski definition) is 1. The van der Waals surface area contributed by atoms with E-state index in [-0.39, 0.29) is 5.82 Å². The summed E-state index contributed by atoms with van der Waals surface area (Å²) in [6.45, 7) is 5.07. The van der Waals surface area contributed by atoms with Gasteiger partial charge in [-0.1, -0.05) is 24.3 Å². The molecular formula is C26H28FN5O. The van der Waals surface area contributed by atoms with E-state index in [1.165, 1.54) is 11.6 Å². The standard InChI is InChI=1S/C26H28FN5O/c1-16-15-32-25(30-16)21(19-7-5-18(6-8-19)17(2)31(3)4)13-28-26(32)29-14-22-20-11-12-33-24(20)10-9-23(22)27/h5-10,13,15,17H,11-12,14H2,1-4H3,(H,28,29). The molecule has 1 unspecified atom stereocenters. The van der Waals surface area contributed by atoms with Gasteiger partial charge < -0.3 is 15.0 Å². The summed E-state index contributed by atoms with van der Waals surface area (Å²) in [5.74, 6) is 1.17. The van der Waals surface area contributed by atoms with Crippen molar-refractivity contribution >= 4 is 11.6 Å². The minimum Gasteiger partial charge on any atom is -0.493 e. The Balaban J connectivity index is 1.46. The second kappa shape index (κ2) is 8.48. The molecule has 7 heteroatoms. The van der Waals surface area contributed by atoms with Gasteiger partial charge in [0.05, 0.1) is 12.3 Å². The average Bonchev–Trinajstić information content (AvgIpc) is 3.44. The van der Waals surface area contributed by atoms with Gasteiger partial charge in [-0.3, -0.25) is 4.40 Å². The van der Waals surface area contributed by atoms with Crippen molar-refractivity contribution in [2.75, 3.05) is 26.0 Å². The third-order valence-corrected chi connectivity index (χ3v) is 6.45. The number of imidazole rings is 1. The van der Waals surface area contributed by atoms with Gasteiger partial charge in [-0.2, -0.15) is 0 Å². The maximum absolute atomic E-state index is 14.6. The summed E-state index contributed by atoms with van der Waals surface area (Å²) in [6.07, 6.45) is 4.51. The lowest BCUT2D eigenvalue weighted by molar-refractivity contribution is 0.321. The van der Waals surface area contributed by atoms with E-state index in [0.29, 0.717) is 30.7 Å². The van der Waals surface area contributed by atoms with Gasteiger partial charge in [0.15, 0.2) is 0 Å². The molecular weight excluding hydrogens is 417 g/mol. The van der Waals surface area contributed by atoms with Gasteiger partial charge in [0.25, 0.3) is 0 Å². The molecule has 0 bridgehead atoms. The molecule has 4 aromatic rings. The van der Waals surface area contributed by atoms with Crippen molar-refractivity contribution in [1.82, 2.24) is 19.3 Å². The molecule has 0 spiro atoms. The van der Waals surface area contributed by atoms with E-state index in [2.05, 4.69) is 60.5 Å². The first kappa shape index (κ1) is 21.4. The van der Waals surface area contributed by atoms with E-state index < -0.39 is 0 Å². The van der Waals surface area contributed by atoms with Crippen LogP contribution in [0.5, 0.6) is 5.75 Å². The Kier molecular flexibility index (Phi) is 5.50. The number of halogens is 1. The van der Waals surface area contributed by atoms with Gasteiger partial charge in [0, 0.05) is 48.1 Å². The van der Waals surface area contributed by atoms with Crippen LogP contribution in [-0.4, -0.2) is 40.0 Å². The zero-order valence-corrected chi connectivity index (χ0v) is 19.4. The van der Waals surface area contributed by atoms with E-state index in [1.54, 1.807) is 6.07 Å². The van der Waals surface area contributed by atoms with Crippen LogP contribution < -0.4 is 10.1 Å². The molecule has 0 saturated carbocycles. The van der Waals surface area contributed by atoms with Gasteiger partial charge in [-0.25, -0.2) is 14.4 Å². The highest BCUT2D eigenvalue weighted by atomic mass is 19.1. The maximum Gasteiger partial charge on any atom is 0.208 e. The summed E-state index contributed by atoms with van der Waals surface area (Å²) in [6, 6.07) is 12.0. The molecule has 5 rings (SSSR count). The third kappa shape index (κ3) is 3.93. The monoisotopic (exact) mass is 445 g/mol. The highest BCUT2D eigenvalue weighted by Gasteiger charge is 2.20. The number of ether oxygens (including phenoxy) is 1. The highest BCUT2D eigenvalue weighted by molar-refractivity contribution is 5.78. The molecule has 3 heterocycles. The SMILES string of the molecule is Cc1cn2c(NCc3c(F)ccc4c3CCO4)ncc(-c3ccc(C(C)N(C)C)cc3)c2n1. The fraction of sp³-hybridized carbons (Fsp3) is 0.308. The molecule has 1 aliphatic rings. The molecule has 33 heavy (non-hydrogen) atoms. The van der Waals surface area contributed by atoms with Crippen LogP contribution in [0.15, 0.2) is 48.8 Å². The quantitative estimate of drug-likeness (QED) is 0.452. The Morgan fingerprint density at radius 3 is 2.73 bits per heavy atom. The summed E-state index contributed by atoms with van der Waals surface area (Å²) < 4.78 is 22.1. The molecule has 1 aliphatic heterocycles.